The summed E-state index contributed by atoms with van der Waals surface area (Å²) in [5.41, 5.74) is 0.836. The molecule has 1 aromatic heterocycles. The standard InChI is InChI=1S/C26H33BN6O6/c1-18(2)14-20(16-28)24(34)31-11-7-6-10-21(32-26(36)22-17-29-12-13-30-22)25(35)33-23(39-27(37)38)15-19-8-4-3-5-9-19/h3-5,8-9,12-14,17-18,21,23,37-38H,6-7,10-11,15H2,1-2H3,(H,31,34)(H,32,36)(H,33,35)/t21-,23+/m0/s1. The van der Waals surface area contributed by atoms with E-state index in [4.69, 9.17) is 9.92 Å². The molecule has 0 bridgehead atoms. The van der Waals surface area contributed by atoms with Gasteiger partial charge in [0.25, 0.3) is 11.8 Å². The fourth-order valence-electron chi connectivity index (χ4n) is 3.55. The SMILES string of the molecule is CC(C)C=C(C#N)C(=O)NCCCC[C@H](NC(=O)c1cnccn1)C(=O)N[C@@H](Cc1ccccc1)OB(O)O. The van der Waals surface area contributed by atoms with E-state index >= 15 is 0 Å². The maximum Gasteiger partial charge on any atom is 0.635 e. The number of hydrogen-bond acceptors (Lipinski definition) is 9. The molecule has 0 unspecified atom stereocenters. The summed E-state index contributed by atoms with van der Waals surface area (Å²) in [6.07, 6.45) is 5.75. The molecule has 0 aliphatic rings. The third-order valence-corrected chi connectivity index (χ3v) is 5.34. The minimum absolute atomic E-state index is 0.0198. The van der Waals surface area contributed by atoms with Crippen molar-refractivity contribution in [3.05, 3.63) is 71.8 Å². The molecule has 2 atom stereocenters. The van der Waals surface area contributed by atoms with E-state index in [2.05, 4.69) is 25.9 Å². The van der Waals surface area contributed by atoms with Gasteiger partial charge in [0.05, 0.1) is 6.20 Å². The zero-order chi connectivity index (χ0) is 28.6. The molecule has 1 aromatic carbocycles. The van der Waals surface area contributed by atoms with Crippen LogP contribution in [0.2, 0.25) is 0 Å². The third-order valence-electron chi connectivity index (χ3n) is 5.34. The Bertz CT molecular complexity index is 1140. The van der Waals surface area contributed by atoms with Gasteiger partial charge in [-0.3, -0.25) is 19.4 Å². The number of hydrogen-bond donors (Lipinski definition) is 5. The number of aromatic nitrogens is 2. The molecule has 0 spiro atoms. The van der Waals surface area contributed by atoms with Gasteiger partial charge in [0, 0.05) is 25.4 Å². The Morgan fingerprint density at radius 2 is 1.87 bits per heavy atom. The lowest BCUT2D eigenvalue weighted by molar-refractivity contribution is -0.126. The van der Waals surface area contributed by atoms with E-state index in [1.54, 1.807) is 30.3 Å². The van der Waals surface area contributed by atoms with Crippen LogP contribution in [0.3, 0.4) is 0 Å². The highest BCUT2D eigenvalue weighted by molar-refractivity contribution is 6.32. The van der Waals surface area contributed by atoms with Gasteiger partial charge in [0.2, 0.25) is 5.91 Å². The Balaban J connectivity index is 2.04. The largest absolute Gasteiger partial charge is 0.635 e. The molecular weight excluding hydrogens is 503 g/mol. The summed E-state index contributed by atoms with van der Waals surface area (Å²) in [6, 6.07) is 9.86. The monoisotopic (exact) mass is 536 g/mol. The van der Waals surface area contributed by atoms with Gasteiger partial charge in [-0.15, -0.1) is 0 Å². The maximum atomic E-state index is 13.2. The van der Waals surface area contributed by atoms with Gasteiger partial charge in [0.1, 0.15) is 29.6 Å². The predicted molar refractivity (Wildman–Crippen MR) is 142 cm³/mol. The molecular formula is C26H33BN6O6. The lowest BCUT2D eigenvalue weighted by Gasteiger charge is -2.24. The second kappa shape index (κ2) is 16.7. The molecule has 0 saturated heterocycles. The van der Waals surface area contributed by atoms with Crippen LogP contribution in [-0.2, 0) is 20.7 Å². The molecule has 2 aromatic rings. The van der Waals surface area contributed by atoms with E-state index in [0.717, 1.165) is 5.56 Å². The second-order valence-corrected chi connectivity index (χ2v) is 8.95. The summed E-state index contributed by atoms with van der Waals surface area (Å²) < 4.78 is 5.06. The van der Waals surface area contributed by atoms with Crippen LogP contribution in [0.25, 0.3) is 0 Å². The Labute approximate surface area is 227 Å². The van der Waals surface area contributed by atoms with Crippen LogP contribution < -0.4 is 16.0 Å². The lowest BCUT2D eigenvalue weighted by atomic mass is 10.1. The highest BCUT2D eigenvalue weighted by atomic mass is 16.6. The maximum absolute atomic E-state index is 13.2. The van der Waals surface area contributed by atoms with Crippen LogP contribution in [0.1, 0.15) is 49.2 Å². The average Bonchev–Trinajstić information content (AvgIpc) is 2.91. The molecule has 0 aliphatic heterocycles. The molecule has 1 heterocycles. The highest BCUT2D eigenvalue weighted by Crippen LogP contribution is 2.08. The van der Waals surface area contributed by atoms with Crippen molar-refractivity contribution in [2.75, 3.05) is 6.54 Å². The molecule has 5 N–H and O–H groups in total. The average molecular weight is 536 g/mol. The van der Waals surface area contributed by atoms with Crippen LogP contribution in [0.4, 0.5) is 0 Å². The van der Waals surface area contributed by atoms with E-state index in [9.17, 15) is 24.4 Å². The highest BCUT2D eigenvalue weighted by Gasteiger charge is 2.26. The van der Waals surface area contributed by atoms with Crippen LogP contribution >= 0.6 is 0 Å². The van der Waals surface area contributed by atoms with Gasteiger partial charge < -0.3 is 30.7 Å². The summed E-state index contributed by atoms with van der Waals surface area (Å²) in [5.74, 6) is -1.65. The molecule has 0 fully saturated rings. The number of carbonyl (C=O) groups is 3. The van der Waals surface area contributed by atoms with Gasteiger partial charge in [-0.25, -0.2) is 4.98 Å². The fraction of sp³-hybridized carbons (Fsp3) is 0.385. The molecule has 0 radical (unpaired) electrons. The van der Waals surface area contributed by atoms with Crippen LogP contribution in [0.5, 0.6) is 0 Å². The Kier molecular flexibility index (Phi) is 13.3. The zero-order valence-electron chi connectivity index (χ0n) is 21.9. The van der Waals surface area contributed by atoms with E-state index in [1.165, 1.54) is 18.6 Å². The van der Waals surface area contributed by atoms with E-state index in [0.29, 0.717) is 12.8 Å². The smallest absolute Gasteiger partial charge is 0.402 e. The Morgan fingerprint density at radius 1 is 1.13 bits per heavy atom. The number of amides is 3. The molecule has 13 heteroatoms. The van der Waals surface area contributed by atoms with Gasteiger partial charge in [-0.05, 0) is 30.7 Å². The zero-order valence-corrected chi connectivity index (χ0v) is 21.9. The Hall–Kier alpha value is -4.12. The van der Waals surface area contributed by atoms with Crippen molar-refractivity contribution in [1.82, 2.24) is 25.9 Å². The Morgan fingerprint density at radius 3 is 2.49 bits per heavy atom. The van der Waals surface area contributed by atoms with Gasteiger partial charge in [0.15, 0.2) is 0 Å². The van der Waals surface area contributed by atoms with Crippen molar-refractivity contribution in [3.8, 4) is 6.07 Å². The molecule has 12 nitrogen and oxygen atoms in total. The first-order valence-corrected chi connectivity index (χ1v) is 12.5. The van der Waals surface area contributed by atoms with Crippen LogP contribution in [0, 0.1) is 17.2 Å². The molecule has 0 saturated carbocycles. The normalized spacial score (nSPS) is 12.7. The first-order valence-electron chi connectivity index (χ1n) is 12.5. The van der Waals surface area contributed by atoms with Crippen molar-refractivity contribution >= 4 is 25.0 Å². The summed E-state index contributed by atoms with van der Waals surface area (Å²) in [6.45, 7) is 3.99. The second-order valence-electron chi connectivity index (χ2n) is 8.95. The number of nitrogens with one attached hydrogen (secondary N) is 3. The van der Waals surface area contributed by atoms with Crippen molar-refractivity contribution in [2.45, 2.75) is 51.8 Å². The van der Waals surface area contributed by atoms with Gasteiger partial charge >= 0.3 is 7.32 Å². The summed E-state index contributed by atoms with van der Waals surface area (Å²) >= 11 is 0. The quantitative estimate of drug-likeness (QED) is 0.0716. The van der Waals surface area contributed by atoms with E-state index in [-0.39, 0.29) is 36.6 Å². The third kappa shape index (κ3) is 11.9. The predicted octanol–water partition coefficient (Wildman–Crippen LogP) is 0.639. The van der Waals surface area contributed by atoms with Crippen molar-refractivity contribution < 1.29 is 29.1 Å². The van der Waals surface area contributed by atoms with E-state index < -0.39 is 37.3 Å². The molecule has 206 valence electrons. The summed E-state index contributed by atoms with van der Waals surface area (Å²) in [7, 11) is -2.13. The number of rotatable bonds is 15. The lowest BCUT2D eigenvalue weighted by Crippen LogP contribution is -2.52. The number of benzene rings is 1. The fourth-order valence-corrected chi connectivity index (χ4v) is 3.55. The first kappa shape index (κ1) is 31.1. The van der Waals surface area contributed by atoms with Crippen molar-refractivity contribution in [2.24, 2.45) is 5.92 Å². The van der Waals surface area contributed by atoms with E-state index in [1.807, 2.05) is 26.0 Å². The number of allylic oxidation sites excluding steroid dienone is 1. The number of unbranched alkanes of at least 4 members (excludes halogenated alkanes) is 1. The first-order chi connectivity index (χ1) is 18.7. The molecule has 39 heavy (non-hydrogen) atoms. The number of nitrogens with zero attached hydrogens (tertiary/aromatic N) is 3. The topological polar surface area (TPSA) is 187 Å². The summed E-state index contributed by atoms with van der Waals surface area (Å²) in [4.78, 5) is 45.9. The van der Waals surface area contributed by atoms with Crippen LogP contribution in [0.15, 0.2) is 60.6 Å². The van der Waals surface area contributed by atoms with Crippen molar-refractivity contribution in [3.63, 3.8) is 0 Å². The minimum atomic E-state index is -2.13. The molecule has 0 aliphatic carbocycles. The summed E-state index contributed by atoms with van der Waals surface area (Å²) in [5, 5.41) is 35.8. The van der Waals surface area contributed by atoms with Gasteiger partial charge in [-0.1, -0.05) is 50.3 Å². The van der Waals surface area contributed by atoms with Crippen molar-refractivity contribution in [1.29, 1.82) is 5.26 Å². The van der Waals surface area contributed by atoms with Crippen LogP contribution in [-0.4, -0.2) is 63.9 Å². The minimum Gasteiger partial charge on any atom is -0.402 e. The number of carbonyl (C=O) groups excluding carboxylic acids is 3. The molecule has 3 amide bonds. The number of nitriles is 1. The van der Waals surface area contributed by atoms with Gasteiger partial charge in [-0.2, -0.15) is 5.26 Å². The molecule has 2 rings (SSSR count).